The summed E-state index contributed by atoms with van der Waals surface area (Å²) in [5, 5.41) is 2.32. The third-order valence-corrected chi connectivity index (χ3v) is 3.55. The van der Waals surface area contributed by atoms with Gasteiger partial charge < -0.3 is 0 Å². The van der Waals surface area contributed by atoms with Gasteiger partial charge >= 0.3 is 0 Å². The van der Waals surface area contributed by atoms with E-state index in [2.05, 4.69) is 4.98 Å². The first kappa shape index (κ1) is 10.3. The second-order valence-electron chi connectivity index (χ2n) is 2.81. The van der Waals surface area contributed by atoms with Crippen LogP contribution in [0.4, 0.5) is 0 Å². The maximum Gasteiger partial charge on any atom is 0.295 e. The van der Waals surface area contributed by atoms with Gasteiger partial charge in [-0.05, 0) is 6.07 Å². The van der Waals surface area contributed by atoms with Crippen LogP contribution in [-0.4, -0.2) is 18.0 Å². The van der Waals surface area contributed by atoms with Crippen molar-refractivity contribution in [2.75, 3.05) is 0 Å². The molecule has 1 aromatic carbocycles. The molecular weight excluding hydrogens is 234 g/mol. The van der Waals surface area contributed by atoms with E-state index in [0.29, 0.717) is 10.6 Å². The molecule has 0 amide bonds. The highest BCUT2D eigenvalue weighted by atomic mass is 32.2. The first-order chi connectivity index (χ1) is 7.09. The average Bonchev–Trinajstić information content (AvgIpc) is 2.69. The minimum Gasteiger partial charge on any atom is -0.282 e. The Kier molecular flexibility index (Phi) is 2.56. The molecule has 1 N–H and O–H groups in total. The van der Waals surface area contributed by atoms with Gasteiger partial charge in [-0.15, -0.1) is 11.3 Å². The Balaban J connectivity index is 2.68. The van der Waals surface area contributed by atoms with Crippen LogP contribution in [-0.2, 0) is 10.1 Å². The van der Waals surface area contributed by atoms with E-state index in [1.165, 1.54) is 17.4 Å². The van der Waals surface area contributed by atoms with E-state index in [4.69, 9.17) is 4.55 Å². The van der Waals surface area contributed by atoms with Crippen LogP contribution in [0.5, 0.6) is 0 Å². The molecule has 78 valence electrons. The number of thiazole rings is 1. The second-order valence-corrected chi connectivity index (χ2v) is 5.09. The molecule has 0 spiro atoms. The van der Waals surface area contributed by atoms with Crippen LogP contribution in [0, 0.1) is 0 Å². The highest BCUT2D eigenvalue weighted by molar-refractivity contribution is 7.86. The molecular formula is C9H7NO3S2. The summed E-state index contributed by atoms with van der Waals surface area (Å²) in [5.74, 6) is 0. The van der Waals surface area contributed by atoms with Crippen LogP contribution >= 0.6 is 11.3 Å². The molecule has 0 aliphatic carbocycles. The Morgan fingerprint density at radius 1 is 1.27 bits per heavy atom. The van der Waals surface area contributed by atoms with E-state index >= 15 is 0 Å². The molecule has 2 aromatic rings. The number of hydrogen-bond acceptors (Lipinski definition) is 4. The lowest BCUT2D eigenvalue weighted by molar-refractivity contribution is 0.483. The van der Waals surface area contributed by atoms with Crippen molar-refractivity contribution in [1.29, 1.82) is 0 Å². The first-order valence-corrected chi connectivity index (χ1v) is 6.37. The number of nitrogens with zero attached hydrogens (tertiary/aromatic N) is 1. The Labute approximate surface area is 91.0 Å². The van der Waals surface area contributed by atoms with Gasteiger partial charge in [0, 0.05) is 17.1 Å². The van der Waals surface area contributed by atoms with Gasteiger partial charge in [0.05, 0.1) is 0 Å². The van der Waals surface area contributed by atoms with Crippen molar-refractivity contribution in [1.82, 2.24) is 4.98 Å². The molecule has 0 bridgehead atoms. The lowest BCUT2D eigenvalue weighted by atomic mass is 10.2. The van der Waals surface area contributed by atoms with Crippen LogP contribution < -0.4 is 0 Å². The van der Waals surface area contributed by atoms with E-state index in [1.807, 2.05) is 0 Å². The molecule has 1 heterocycles. The summed E-state index contributed by atoms with van der Waals surface area (Å²) >= 11 is 1.32. The summed E-state index contributed by atoms with van der Waals surface area (Å²) in [5.41, 5.74) is 0.426. The zero-order chi connectivity index (χ0) is 10.9. The predicted molar refractivity (Wildman–Crippen MR) is 57.4 cm³/mol. The van der Waals surface area contributed by atoms with Crippen LogP contribution in [0.3, 0.4) is 0 Å². The number of aromatic nitrogens is 1. The van der Waals surface area contributed by atoms with E-state index in [9.17, 15) is 8.42 Å². The van der Waals surface area contributed by atoms with Crippen molar-refractivity contribution in [2.45, 2.75) is 4.90 Å². The van der Waals surface area contributed by atoms with Crippen molar-refractivity contribution in [3.8, 4) is 10.6 Å². The monoisotopic (exact) mass is 241 g/mol. The van der Waals surface area contributed by atoms with Gasteiger partial charge in [-0.2, -0.15) is 8.42 Å². The Morgan fingerprint density at radius 3 is 2.60 bits per heavy atom. The van der Waals surface area contributed by atoms with Gasteiger partial charge in [0.15, 0.2) is 0 Å². The molecule has 0 atom stereocenters. The molecule has 0 saturated heterocycles. The summed E-state index contributed by atoms with van der Waals surface area (Å²) in [6.07, 6.45) is 1.58. The van der Waals surface area contributed by atoms with Crippen LogP contribution in [0.15, 0.2) is 40.7 Å². The van der Waals surface area contributed by atoms with Crippen molar-refractivity contribution in [3.05, 3.63) is 35.8 Å². The zero-order valence-corrected chi connectivity index (χ0v) is 9.12. The van der Waals surface area contributed by atoms with Crippen molar-refractivity contribution >= 4 is 21.5 Å². The van der Waals surface area contributed by atoms with E-state index in [1.54, 1.807) is 29.8 Å². The zero-order valence-electron chi connectivity index (χ0n) is 7.49. The van der Waals surface area contributed by atoms with Crippen molar-refractivity contribution in [2.24, 2.45) is 0 Å². The summed E-state index contributed by atoms with van der Waals surface area (Å²) < 4.78 is 31.2. The fourth-order valence-corrected chi connectivity index (χ4v) is 2.66. The largest absolute Gasteiger partial charge is 0.295 e. The molecule has 1 aromatic heterocycles. The first-order valence-electron chi connectivity index (χ1n) is 4.05. The third kappa shape index (κ3) is 2.06. The second kappa shape index (κ2) is 3.73. The fourth-order valence-electron chi connectivity index (χ4n) is 1.22. The average molecular weight is 241 g/mol. The third-order valence-electron chi connectivity index (χ3n) is 1.83. The Bertz CT molecular complexity index is 561. The van der Waals surface area contributed by atoms with Gasteiger partial charge in [-0.25, -0.2) is 4.98 Å². The SMILES string of the molecule is O=S(=O)(O)c1ccccc1-c1nccs1. The highest BCUT2D eigenvalue weighted by Crippen LogP contribution is 2.28. The van der Waals surface area contributed by atoms with E-state index in [0.717, 1.165) is 0 Å². The summed E-state index contributed by atoms with van der Waals surface area (Å²) in [4.78, 5) is 3.89. The summed E-state index contributed by atoms with van der Waals surface area (Å²) in [6.45, 7) is 0. The Morgan fingerprint density at radius 2 is 2.00 bits per heavy atom. The lowest BCUT2D eigenvalue weighted by Gasteiger charge is -2.02. The highest BCUT2D eigenvalue weighted by Gasteiger charge is 2.16. The minimum atomic E-state index is -4.19. The van der Waals surface area contributed by atoms with Crippen LogP contribution in [0.25, 0.3) is 10.6 Å². The maximum atomic E-state index is 11.1. The van der Waals surface area contributed by atoms with Crippen LogP contribution in [0.1, 0.15) is 0 Å². The number of rotatable bonds is 2. The van der Waals surface area contributed by atoms with Crippen molar-refractivity contribution in [3.63, 3.8) is 0 Å². The van der Waals surface area contributed by atoms with Gasteiger partial charge in [0.1, 0.15) is 9.90 Å². The Hall–Kier alpha value is -1.24. The quantitative estimate of drug-likeness (QED) is 0.817. The van der Waals surface area contributed by atoms with E-state index in [-0.39, 0.29) is 4.90 Å². The molecule has 2 rings (SSSR count). The van der Waals surface area contributed by atoms with Crippen molar-refractivity contribution < 1.29 is 13.0 Å². The molecule has 0 unspecified atom stereocenters. The van der Waals surface area contributed by atoms with Crippen LogP contribution in [0.2, 0.25) is 0 Å². The molecule has 6 heteroatoms. The standard InChI is InChI=1S/C9H7NO3S2/c11-15(12,13)8-4-2-1-3-7(8)9-10-5-6-14-9/h1-6H,(H,11,12,13). The van der Waals surface area contributed by atoms with Gasteiger partial charge in [-0.3, -0.25) is 4.55 Å². The van der Waals surface area contributed by atoms with Gasteiger partial charge in [0.25, 0.3) is 10.1 Å². The molecule has 0 radical (unpaired) electrons. The normalized spacial score (nSPS) is 11.5. The molecule has 4 nitrogen and oxygen atoms in total. The van der Waals surface area contributed by atoms with E-state index < -0.39 is 10.1 Å². The smallest absolute Gasteiger partial charge is 0.282 e. The summed E-state index contributed by atoms with van der Waals surface area (Å²) in [7, 11) is -4.19. The number of hydrogen-bond donors (Lipinski definition) is 1. The predicted octanol–water partition coefficient (Wildman–Crippen LogP) is 2.06. The lowest BCUT2D eigenvalue weighted by Crippen LogP contribution is -2.00. The fraction of sp³-hybridized carbons (Fsp3) is 0. The molecule has 0 aliphatic heterocycles. The minimum absolute atomic E-state index is 0.111. The molecule has 0 aliphatic rings. The molecule has 15 heavy (non-hydrogen) atoms. The summed E-state index contributed by atoms with van der Waals surface area (Å²) in [6, 6.07) is 6.22. The van der Waals surface area contributed by atoms with Gasteiger partial charge in [-0.1, -0.05) is 18.2 Å². The topological polar surface area (TPSA) is 67.3 Å². The number of benzene rings is 1. The maximum absolute atomic E-state index is 11.1. The molecule has 0 fully saturated rings. The van der Waals surface area contributed by atoms with Gasteiger partial charge in [0.2, 0.25) is 0 Å². The molecule has 0 saturated carbocycles.